The van der Waals surface area contributed by atoms with Crippen molar-refractivity contribution < 1.29 is 18.7 Å². The summed E-state index contributed by atoms with van der Waals surface area (Å²) in [4.78, 5) is 28.5. The highest BCUT2D eigenvalue weighted by molar-refractivity contribution is 7.15. The fraction of sp³-hybridized carbons (Fsp3) is 0.217. The Balaban J connectivity index is 1.75. The lowest BCUT2D eigenvalue weighted by Crippen LogP contribution is -2.29. The molecular formula is C23H19N3O5S. The van der Waals surface area contributed by atoms with E-state index in [9.17, 15) is 9.59 Å². The minimum absolute atomic E-state index is 0.00231. The van der Waals surface area contributed by atoms with Gasteiger partial charge < -0.3 is 13.9 Å². The molecule has 1 unspecified atom stereocenters. The third-order valence-corrected chi connectivity index (χ3v) is 6.15. The second kappa shape index (κ2) is 7.76. The average Bonchev–Trinajstić information content (AvgIpc) is 3.35. The molecule has 0 spiro atoms. The van der Waals surface area contributed by atoms with Crippen LogP contribution < -0.4 is 19.8 Å². The molecule has 1 aliphatic heterocycles. The summed E-state index contributed by atoms with van der Waals surface area (Å²) in [5.41, 5.74) is 1.06. The molecule has 8 nitrogen and oxygen atoms in total. The van der Waals surface area contributed by atoms with E-state index in [1.54, 1.807) is 18.2 Å². The largest absolute Gasteiger partial charge is 0.497 e. The van der Waals surface area contributed by atoms with Gasteiger partial charge >= 0.3 is 0 Å². The fourth-order valence-corrected chi connectivity index (χ4v) is 4.60. The summed E-state index contributed by atoms with van der Waals surface area (Å²) in [5.74, 6) is 0.807. The fourth-order valence-electron chi connectivity index (χ4n) is 3.89. The summed E-state index contributed by atoms with van der Waals surface area (Å²) >= 11 is 1.28. The first kappa shape index (κ1) is 20.2. The predicted octanol–water partition coefficient (Wildman–Crippen LogP) is 4.11. The molecule has 5 rings (SSSR count). The predicted molar refractivity (Wildman–Crippen MR) is 120 cm³/mol. The number of ether oxygens (including phenoxy) is 2. The zero-order valence-electron chi connectivity index (χ0n) is 17.6. The maximum Gasteiger partial charge on any atom is 0.297 e. The first-order valence-corrected chi connectivity index (χ1v) is 10.8. The maximum atomic E-state index is 13.6. The van der Waals surface area contributed by atoms with Gasteiger partial charge in [0, 0.05) is 6.07 Å². The van der Waals surface area contributed by atoms with Crippen molar-refractivity contribution in [3.63, 3.8) is 0 Å². The molecule has 4 aromatic rings. The Morgan fingerprint density at radius 2 is 1.84 bits per heavy atom. The normalized spacial score (nSPS) is 15.3. The van der Waals surface area contributed by atoms with E-state index in [0.717, 1.165) is 5.56 Å². The summed E-state index contributed by atoms with van der Waals surface area (Å²) in [6, 6.07) is 11.6. The summed E-state index contributed by atoms with van der Waals surface area (Å²) in [7, 11) is 1.53. The molecule has 2 aromatic heterocycles. The Hall–Kier alpha value is -3.72. The molecule has 1 atom stereocenters. The number of aryl methyl sites for hydroxylation is 1. The van der Waals surface area contributed by atoms with Crippen molar-refractivity contribution in [2.45, 2.75) is 19.9 Å². The Kier molecular flexibility index (Phi) is 4.90. The van der Waals surface area contributed by atoms with Crippen molar-refractivity contribution in [3.05, 3.63) is 74.6 Å². The highest BCUT2D eigenvalue weighted by atomic mass is 32.1. The Morgan fingerprint density at radius 3 is 2.50 bits per heavy atom. The molecule has 0 radical (unpaired) electrons. The summed E-state index contributed by atoms with van der Waals surface area (Å²) in [5, 5.41) is 9.71. The Bertz CT molecular complexity index is 1390. The van der Waals surface area contributed by atoms with Crippen molar-refractivity contribution in [2.24, 2.45) is 0 Å². The number of nitrogens with zero attached hydrogens (tertiary/aromatic N) is 3. The van der Waals surface area contributed by atoms with Gasteiger partial charge in [-0.1, -0.05) is 23.5 Å². The zero-order valence-corrected chi connectivity index (χ0v) is 18.4. The third kappa shape index (κ3) is 3.13. The van der Waals surface area contributed by atoms with E-state index in [1.807, 2.05) is 38.1 Å². The van der Waals surface area contributed by atoms with Crippen molar-refractivity contribution in [1.82, 2.24) is 10.2 Å². The van der Waals surface area contributed by atoms with E-state index < -0.39 is 11.9 Å². The van der Waals surface area contributed by atoms with Crippen molar-refractivity contribution in [3.8, 4) is 11.5 Å². The van der Waals surface area contributed by atoms with Gasteiger partial charge in [-0.25, -0.2) is 0 Å². The lowest BCUT2D eigenvalue weighted by atomic mass is 9.98. The minimum atomic E-state index is -0.691. The van der Waals surface area contributed by atoms with Crippen LogP contribution in [0, 0.1) is 6.92 Å². The number of fused-ring (bicyclic) bond motifs is 2. The van der Waals surface area contributed by atoms with E-state index >= 15 is 0 Å². The van der Waals surface area contributed by atoms with Gasteiger partial charge in [0.05, 0.1) is 30.7 Å². The number of amides is 1. The monoisotopic (exact) mass is 449 g/mol. The van der Waals surface area contributed by atoms with Crippen LogP contribution in [0.2, 0.25) is 0 Å². The van der Waals surface area contributed by atoms with Gasteiger partial charge in [0.25, 0.3) is 5.91 Å². The minimum Gasteiger partial charge on any atom is -0.497 e. The standard InChI is InChI=1S/C23H19N3O5S/c1-4-30-14-7-5-13(6-8-14)19-18-20(27)16-10-9-15(29-3)11-17(16)31-21(18)22(28)26(19)23-25-24-12(2)32-23/h5-11,19H,4H2,1-3H3. The molecule has 1 amide bonds. The number of hydrogen-bond acceptors (Lipinski definition) is 8. The van der Waals surface area contributed by atoms with Gasteiger partial charge in [-0.15, -0.1) is 10.2 Å². The van der Waals surface area contributed by atoms with Crippen LogP contribution in [0.1, 0.15) is 39.7 Å². The SMILES string of the molecule is CCOc1ccc(C2c3c(oc4cc(OC)ccc4c3=O)C(=O)N2c2nnc(C)s2)cc1. The molecule has 9 heteroatoms. The molecule has 0 aliphatic carbocycles. The smallest absolute Gasteiger partial charge is 0.297 e. The number of aromatic nitrogens is 2. The van der Waals surface area contributed by atoms with Crippen molar-refractivity contribution >= 4 is 33.3 Å². The van der Waals surface area contributed by atoms with Crippen LogP contribution in [0.3, 0.4) is 0 Å². The molecule has 1 aliphatic rings. The second-order valence-electron chi connectivity index (χ2n) is 7.22. The van der Waals surface area contributed by atoms with Gasteiger partial charge in [0.15, 0.2) is 5.43 Å². The summed E-state index contributed by atoms with van der Waals surface area (Å²) in [6.07, 6.45) is 0. The quantitative estimate of drug-likeness (QED) is 0.452. The molecule has 162 valence electrons. The lowest BCUT2D eigenvalue weighted by molar-refractivity contribution is 0.0970. The molecule has 0 saturated carbocycles. The van der Waals surface area contributed by atoms with E-state index in [0.29, 0.717) is 39.2 Å². The number of carbonyl (C=O) groups excluding carboxylic acids is 1. The first-order valence-electron chi connectivity index (χ1n) is 10.0. The molecule has 32 heavy (non-hydrogen) atoms. The summed E-state index contributed by atoms with van der Waals surface area (Å²) < 4.78 is 16.7. The molecule has 2 aromatic carbocycles. The van der Waals surface area contributed by atoms with Gasteiger partial charge in [-0.2, -0.15) is 0 Å². The molecule has 0 N–H and O–H groups in total. The highest BCUT2D eigenvalue weighted by Crippen LogP contribution is 2.42. The highest BCUT2D eigenvalue weighted by Gasteiger charge is 2.45. The van der Waals surface area contributed by atoms with Gasteiger partial charge in [-0.05, 0) is 43.7 Å². The third-order valence-electron chi connectivity index (χ3n) is 5.31. The van der Waals surface area contributed by atoms with Gasteiger partial charge in [-0.3, -0.25) is 14.5 Å². The van der Waals surface area contributed by atoms with Crippen LogP contribution in [-0.4, -0.2) is 29.8 Å². The maximum absolute atomic E-state index is 13.6. The van der Waals surface area contributed by atoms with Gasteiger partial charge in [0.1, 0.15) is 22.1 Å². The Morgan fingerprint density at radius 1 is 1.09 bits per heavy atom. The van der Waals surface area contributed by atoms with Crippen LogP contribution in [0.25, 0.3) is 11.0 Å². The van der Waals surface area contributed by atoms with Crippen LogP contribution >= 0.6 is 11.3 Å². The Labute approximate surface area is 187 Å². The number of rotatable bonds is 5. The van der Waals surface area contributed by atoms with Crippen molar-refractivity contribution in [1.29, 1.82) is 0 Å². The van der Waals surface area contributed by atoms with Crippen LogP contribution in [0.5, 0.6) is 11.5 Å². The average molecular weight is 449 g/mol. The van der Waals surface area contributed by atoms with Crippen LogP contribution in [-0.2, 0) is 0 Å². The molecule has 3 heterocycles. The number of benzene rings is 2. The lowest BCUT2D eigenvalue weighted by Gasteiger charge is -2.22. The van der Waals surface area contributed by atoms with Crippen LogP contribution in [0.15, 0.2) is 51.7 Å². The van der Waals surface area contributed by atoms with E-state index in [4.69, 9.17) is 13.9 Å². The van der Waals surface area contributed by atoms with Gasteiger partial charge in [0.2, 0.25) is 10.9 Å². The number of hydrogen-bond donors (Lipinski definition) is 0. The second-order valence-corrected chi connectivity index (χ2v) is 8.38. The molecular weight excluding hydrogens is 430 g/mol. The number of carbonyl (C=O) groups is 1. The topological polar surface area (TPSA) is 94.8 Å². The first-order chi connectivity index (χ1) is 15.5. The van der Waals surface area contributed by atoms with Crippen molar-refractivity contribution in [2.75, 3.05) is 18.6 Å². The molecule has 0 bridgehead atoms. The van der Waals surface area contributed by atoms with Crippen LogP contribution in [0.4, 0.5) is 5.13 Å². The zero-order chi connectivity index (χ0) is 22.4. The molecule has 0 fully saturated rings. The number of anilines is 1. The number of methoxy groups -OCH3 is 1. The summed E-state index contributed by atoms with van der Waals surface area (Å²) in [6.45, 7) is 4.26. The van der Waals surface area contributed by atoms with E-state index in [1.165, 1.54) is 23.3 Å². The van der Waals surface area contributed by atoms with E-state index in [2.05, 4.69) is 10.2 Å². The molecule has 0 saturated heterocycles. The van der Waals surface area contributed by atoms with E-state index in [-0.39, 0.29) is 16.8 Å².